The van der Waals surface area contributed by atoms with Gasteiger partial charge in [-0.1, -0.05) is 30.7 Å². The van der Waals surface area contributed by atoms with Crippen LogP contribution in [0.2, 0.25) is 0 Å². The summed E-state index contributed by atoms with van der Waals surface area (Å²) in [6.07, 6.45) is 2.53. The molecule has 0 bridgehead atoms. The normalized spacial score (nSPS) is 18.6. The van der Waals surface area contributed by atoms with Gasteiger partial charge in [0.1, 0.15) is 5.78 Å². The van der Waals surface area contributed by atoms with E-state index >= 15 is 0 Å². The largest absolute Gasteiger partial charge is 0.317 e. The van der Waals surface area contributed by atoms with Crippen LogP contribution in [0.5, 0.6) is 0 Å². The molecule has 1 N–H and O–H groups in total. The predicted octanol–water partition coefficient (Wildman–Crippen LogP) is 2.80. The number of benzene rings is 1. The average molecular weight is 245 g/mol. The van der Waals surface area contributed by atoms with Crippen LogP contribution >= 0.6 is 0 Å². The van der Waals surface area contributed by atoms with E-state index < -0.39 is 0 Å². The van der Waals surface area contributed by atoms with Gasteiger partial charge in [0.05, 0.1) is 0 Å². The van der Waals surface area contributed by atoms with E-state index in [0.29, 0.717) is 12.2 Å². The van der Waals surface area contributed by atoms with Gasteiger partial charge in [-0.05, 0) is 50.9 Å². The van der Waals surface area contributed by atoms with E-state index in [9.17, 15) is 4.79 Å². The van der Waals surface area contributed by atoms with Gasteiger partial charge in [0, 0.05) is 11.8 Å². The first-order chi connectivity index (χ1) is 8.51. The van der Waals surface area contributed by atoms with Gasteiger partial charge in [-0.2, -0.15) is 0 Å². The van der Waals surface area contributed by atoms with E-state index in [1.165, 1.54) is 16.7 Å². The van der Waals surface area contributed by atoms with Gasteiger partial charge in [0.15, 0.2) is 0 Å². The summed E-state index contributed by atoms with van der Waals surface area (Å²) in [7, 11) is 0. The van der Waals surface area contributed by atoms with E-state index in [1.807, 2.05) is 0 Å². The van der Waals surface area contributed by atoms with Crippen LogP contribution in [-0.4, -0.2) is 18.9 Å². The fraction of sp³-hybridized carbons (Fsp3) is 0.562. The molecule has 1 aromatic rings. The van der Waals surface area contributed by atoms with Gasteiger partial charge in [-0.25, -0.2) is 0 Å². The Balaban J connectivity index is 2.13. The SMILES string of the molecule is Cc1ccc(C)c(CC(=O)C2(C)CCNCC2)c1. The number of hydrogen-bond acceptors (Lipinski definition) is 2. The maximum absolute atomic E-state index is 12.5. The summed E-state index contributed by atoms with van der Waals surface area (Å²) in [6, 6.07) is 6.37. The number of nitrogens with one attached hydrogen (secondary N) is 1. The molecule has 2 nitrogen and oxygen atoms in total. The fourth-order valence-electron chi connectivity index (χ4n) is 2.63. The first-order valence-electron chi connectivity index (χ1n) is 6.81. The molecule has 1 heterocycles. The molecule has 0 saturated carbocycles. The van der Waals surface area contributed by atoms with Crippen molar-refractivity contribution in [2.75, 3.05) is 13.1 Å². The molecule has 18 heavy (non-hydrogen) atoms. The van der Waals surface area contributed by atoms with Crippen molar-refractivity contribution >= 4 is 5.78 Å². The van der Waals surface area contributed by atoms with Crippen molar-refractivity contribution in [1.82, 2.24) is 5.32 Å². The minimum atomic E-state index is -0.124. The van der Waals surface area contributed by atoms with E-state index in [2.05, 4.69) is 44.3 Å². The van der Waals surface area contributed by atoms with Crippen molar-refractivity contribution < 1.29 is 4.79 Å². The third-order valence-corrected chi connectivity index (χ3v) is 4.24. The zero-order chi connectivity index (χ0) is 13.2. The summed E-state index contributed by atoms with van der Waals surface area (Å²) in [5, 5.41) is 3.33. The van der Waals surface area contributed by atoms with E-state index in [0.717, 1.165) is 25.9 Å². The van der Waals surface area contributed by atoms with E-state index in [1.54, 1.807) is 0 Å². The summed E-state index contributed by atoms with van der Waals surface area (Å²) in [5.41, 5.74) is 3.53. The Hall–Kier alpha value is -1.15. The summed E-state index contributed by atoms with van der Waals surface area (Å²) in [5.74, 6) is 0.401. The van der Waals surface area contributed by atoms with Crippen molar-refractivity contribution in [3.63, 3.8) is 0 Å². The molecular weight excluding hydrogens is 222 g/mol. The highest BCUT2D eigenvalue weighted by Crippen LogP contribution is 2.30. The molecule has 1 aromatic carbocycles. The summed E-state index contributed by atoms with van der Waals surface area (Å²) in [4.78, 5) is 12.5. The Kier molecular flexibility index (Phi) is 3.86. The Morgan fingerprint density at radius 2 is 1.94 bits per heavy atom. The molecule has 0 atom stereocenters. The smallest absolute Gasteiger partial charge is 0.143 e. The standard InChI is InChI=1S/C16H23NO/c1-12-4-5-13(2)14(10-12)11-15(18)16(3)6-8-17-9-7-16/h4-5,10,17H,6-9,11H2,1-3H3. The molecule has 0 aromatic heterocycles. The van der Waals surface area contributed by atoms with Gasteiger partial charge in [-0.15, -0.1) is 0 Å². The highest BCUT2D eigenvalue weighted by molar-refractivity contribution is 5.86. The lowest BCUT2D eigenvalue weighted by Gasteiger charge is -2.32. The fourth-order valence-corrected chi connectivity index (χ4v) is 2.63. The average Bonchev–Trinajstić information content (AvgIpc) is 2.35. The van der Waals surface area contributed by atoms with Crippen LogP contribution in [0.25, 0.3) is 0 Å². The maximum atomic E-state index is 12.5. The Labute approximate surface area is 110 Å². The first kappa shape index (κ1) is 13.3. The van der Waals surface area contributed by atoms with Crippen molar-refractivity contribution in [2.24, 2.45) is 5.41 Å². The number of carbonyl (C=O) groups excluding carboxylic acids is 1. The van der Waals surface area contributed by atoms with Gasteiger partial charge < -0.3 is 5.32 Å². The number of piperidine rings is 1. The van der Waals surface area contributed by atoms with Crippen LogP contribution < -0.4 is 5.32 Å². The number of ketones is 1. The summed E-state index contributed by atoms with van der Waals surface area (Å²) >= 11 is 0. The van der Waals surface area contributed by atoms with Crippen molar-refractivity contribution in [3.05, 3.63) is 34.9 Å². The lowest BCUT2D eigenvalue weighted by atomic mass is 9.75. The Morgan fingerprint density at radius 1 is 1.28 bits per heavy atom. The van der Waals surface area contributed by atoms with E-state index in [-0.39, 0.29) is 5.41 Å². The van der Waals surface area contributed by atoms with Crippen LogP contribution in [0.3, 0.4) is 0 Å². The second kappa shape index (κ2) is 5.23. The zero-order valence-electron chi connectivity index (χ0n) is 11.7. The van der Waals surface area contributed by atoms with Crippen LogP contribution in [0.4, 0.5) is 0 Å². The first-order valence-corrected chi connectivity index (χ1v) is 6.81. The Bertz CT molecular complexity index is 444. The van der Waals surface area contributed by atoms with E-state index in [4.69, 9.17) is 0 Å². The van der Waals surface area contributed by atoms with Crippen LogP contribution in [-0.2, 0) is 11.2 Å². The monoisotopic (exact) mass is 245 g/mol. The number of carbonyl (C=O) groups is 1. The molecule has 0 amide bonds. The van der Waals surface area contributed by atoms with Gasteiger partial charge in [0.25, 0.3) is 0 Å². The van der Waals surface area contributed by atoms with Crippen molar-refractivity contribution in [3.8, 4) is 0 Å². The third kappa shape index (κ3) is 2.81. The number of hydrogen-bond donors (Lipinski definition) is 1. The molecule has 0 radical (unpaired) electrons. The quantitative estimate of drug-likeness (QED) is 0.887. The molecule has 0 unspecified atom stereocenters. The lowest BCUT2D eigenvalue weighted by Crippen LogP contribution is -2.40. The summed E-state index contributed by atoms with van der Waals surface area (Å²) < 4.78 is 0. The molecule has 1 saturated heterocycles. The minimum absolute atomic E-state index is 0.124. The molecule has 0 spiro atoms. The molecule has 1 aliphatic rings. The van der Waals surface area contributed by atoms with Gasteiger partial charge in [-0.3, -0.25) is 4.79 Å². The number of Topliss-reactive ketones (excluding diaryl/α,β-unsaturated/α-hetero) is 1. The molecule has 2 rings (SSSR count). The highest BCUT2D eigenvalue weighted by Gasteiger charge is 2.34. The predicted molar refractivity (Wildman–Crippen MR) is 74.8 cm³/mol. The molecular formula is C16H23NO. The topological polar surface area (TPSA) is 29.1 Å². The number of rotatable bonds is 3. The van der Waals surface area contributed by atoms with Crippen molar-refractivity contribution in [2.45, 2.75) is 40.0 Å². The second-order valence-electron chi connectivity index (χ2n) is 5.84. The van der Waals surface area contributed by atoms with Crippen LogP contribution in [0, 0.1) is 19.3 Å². The van der Waals surface area contributed by atoms with Gasteiger partial charge in [0.2, 0.25) is 0 Å². The molecule has 2 heteroatoms. The highest BCUT2D eigenvalue weighted by atomic mass is 16.1. The zero-order valence-corrected chi connectivity index (χ0v) is 11.7. The van der Waals surface area contributed by atoms with Gasteiger partial charge >= 0.3 is 0 Å². The molecule has 1 aliphatic heterocycles. The summed E-state index contributed by atoms with van der Waals surface area (Å²) in [6.45, 7) is 8.23. The second-order valence-corrected chi connectivity index (χ2v) is 5.84. The number of aryl methyl sites for hydroxylation is 2. The minimum Gasteiger partial charge on any atom is -0.317 e. The van der Waals surface area contributed by atoms with Crippen molar-refractivity contribution in [1.29, 1.82) is 0 Å². The Morgan fingerprint density at radius 3 is 2.61 bits per heavy atom. The lowest BCUT2D eigenvalue weighted by molar-refractivity contribution is -0.128. The third-order valence-electron chi connectivity index (χ3n) is 4.24. The maximum Gasteiger partial charge on any atom is 0.143 e. The molecule has 0 aliphatic carbocycles. The molecule has 1 fully saturated rings. The molecule has 98 valence electrons. The van der Waals surface area contributed by atoms with Crippen LogP contribution in [0.1, 0.15) is 36.5 Å². The van der Waals surface area contributed by atoms with Crippen LogP contribution in [0.15, 0.2) is 18.2 Å².